The van der Waals surface area contributed by atoms with E-state index in [1.165, 1.54) is 36.4 Å². The number of hydrogen-bond acceptors (Lipinski definition) is 7. The molecular formula is C16H11N5O6. The largest absolute Gasteiger partial charge is 0.493 e. The first-order valence-electron chi connectivity index (χ1n) is 7.48. The number of H-pyrrole nitrogens is 1. The van der Waals surface area contributed by atoms with Crippen molar-refractivity contribution >= 4 is 33.9 Å². The van der Waals surface area contributed by atoms with Gasteiger partial charge in [-0.2, -0.15) is 0 Å². The van der Waals surface area contributed by atoms with E-state index in [4.69, 9.17) is 0 Å². The topological polar surface area (TPSA) is 164 Å². The van der Waals surface area contributed by atoms with Gasteiger partial charge in [0.15, 0.2) is 5.69 Å². The Morgan fingerprint density at radius 1 is 1.11 bits per heavy atom. The minimum absolute atomic E-state index is 0.177. The summed E-state index contributed by atoms with van der Waals surface area (Å²) in [6.45, 7) is 1.64. The van der Waals surface area contributed by atoms with Crippen LogP contribution < -0.4 is 0 Å². The van der Waals surface area contributed by atoms with Crippen LogP contribution in [0.3, 0.4) is 0 Å². The van der Waals surface area contributed by atoms with Crippen LogP contribution in [0.2, 0.25) is 0 Å². The highest BCUT2D eigenvalue weighted by molar-refractivity contribution is 6.00. The molecule has 1 heterocycles. The Kier molecular flexibility index (Phi) is 4.34. The number of amides is 1. The van der Waals surface area contributed by atoms with Gasteiger partial charge in [0.05, 0.1) is 15.4 Å². The molecule has 0 aliphatic carbocycles. The molecule has 2 N–H and O–H groups in total. The number of aromatic nitrogens is 1. The number of aromatic hydroxyl groups is 1. The van der Waals surface area contributed by atoms with Crippen LogP contribution in [0.15, 0.2) is 46.6 Å². The van der Waals surface area contributed by atoms with E-state index in [-0.39, 0.29) is 22.3 Å². The zero-order valence-corrected chi connectivity index (χ0v) is 13.7. The zero-order valence-electron chi connectivity index (χ0n) is 13.7. The van der Waals surface area contributed by atoms with E-state index >= 15 is 0 Å². The zero-order chi connectivity index (χ0) is 19.7. The molecule has 2 aromatic carbocycles. The summed E-state index contributed by atoms with van der Waals surface area (Å²) in [5.41, 5.74) is -0.162. The summed E-state index contributed by atoms with van der Waals surface area (Å²) in [5, 5.41) is 39.2. The van der Waals surface area contributed by atoms with Gasteiger partial charge in [-0.05, 0) is 24.6 Å². The van der Waals surface area contributed by atoms with Crippen LogP contribution in [0.4, 0.5) is 17.1 Å². The van der Waals surface area contributed by atoms with Gasteiger partial charge < -0.3 is 10.1 Å². The molecule has 11 nitrogen and oxygen atoms in total. The number of nitro benzene ring substituents is 2. The number of carbonyl (C=O) groups excluding carboxylic acids is 1. The fourth-order valence-electron chi connectivity index (χ4n) is 2.49. The van der Waals surface area contributed by atoms with E-state index in [9.17, 15) is 30.1 Å². The molecule has 0 saturated carbocycles. The lowest BCUT2D eigenvalue weighted by Crippen LogP contribution is -2.01. The molecular weight excluding hydrogens is 358 g/mol. The standard InChI is InChI=1S/C16H11N5O6/c1-8-2-4-10(13(6-8)21(26)27)15(22)19-18-14-11-7-9(20(24)25)3-5-12(11)17-16(14)23/h2-7,17,23H,1H3. The monoisotopic (exact) mass is 369 g/mol. The number of rotatable bonds is 4. The quantitative estimate of drug-likeness (QED) is 0.402. The first kappa shape index (κ1) is 17.7. The summed E-state index contributed by atoms with van der Waals surface area (Å²) >= 11 is 0. The summed E-state index contributed by atoms with van der Waals surface area (Å²) in [6, 6.07) is 7.78. The Bertz CT molecular complexity index is 1130. The molecule has 0 aliphatic heterocycles. The summed E-state index contributed by atoms with van der Waals surface area (Å²) in [4.78, 5) is 35.5. The number of nitro groups is 2. The number of nitrogens with one attached hydrogen (secondary N) is 1. The number of non-ortho nitro benzene ring substituents is 1. The molecule has 0 saturated heterocycles. The lowest BCUT2D eigenvalue weighted by atomic mass is 10.1. The predicted molar refractivity (Wildman–Crippen MR) is 93.3 cm³/mol. The molecule has 0 aliphatic rings. The molecule has 1 amide bonds. The molecule has 27 heavy (non-hydrogen) atoms. The number of aryl methyl sites for hydroxylation is 1. The van der Waals surface area contributed by atoms with Crippen LogP contribution in [-0.4, -0.2) is 25.8 Å². The first-order valence-corrected chi connectivity index (χ1v) is 7.48. The maximum atomic E-state index is 12.2. The number of azo groups is 1. The van der Waals surface area contributed by atoms with Crippen molar-refractivity contribution in [2.75, 3.05) is 0 Å². The van der Waals surface area contributed by atoms with E-state index < -0.39 is 27.3 Å². The Hall–Kier alpha value is -4.15. The van der Waals surface area contributed by atoms with Crippen LogP contribution in [0.1, 0.15) is 15.9 Å². The van der Waals surface area contributed by atoms with Gasteiger partial charge in [0.1, 0.15) is 5.56 Å². The minimum atomic E-state index is -0.985. The summed E-state index contributed by atoms with van der Waals surface area (Å²) < 4.78 is 0. The lowest BCUT2D eigenvalue weighted by Gasteiger charge is -1.99. The fraction of sp³-hybridized carbons (Fsp3) is 0.0625. The fourth-order valence-corrected chi connectivity index (χ4v) is 2.49. The van der Waals surface area contributed by atoms with Gasteiger partial charge in [-0.15, -0.1) is 10.2 Å². The molecule has 0 bridgehead atoms. The molecule has 11 heteroatoms. The summed E-state index contributed by atoms with van der Waals surface area (Å²) in [5.74, 6) is -1.43. The van der Waals surface area contributed by atoms with Crippen LogP contribution in [0, 0.1) is 27.2 Å². The number of nitrogens with zero attached hydrogens (tertiary/aromatic N) is 4. The van der Waals surface area contributed by atoms with Crippen LogP contribution in [0.25, 0.3) is 10.9 Å². The van der Waals surface area contributed by atoms with Crippen molar-refractivity contribution in [3.05, 3.63) is 67.8 Å². The molecule has 1 aromatic heterocycles. The van der Waals surface area contributed by atoms with Gasteiger partial charge in [0.25, 0.3) is 11.4 Å². The Morgan fingerprint density at radius 3 is 2.52 bits per heavy atom. The van der Waals surface area contributed by atoms with Crippen molar-refractivity contribution in [1.82, 2.24) is 4.98 Å². The normalized spacial score (nSPS) is 11.1. The molecule has 0 spiro atoms. The molecule has 0 radical (unpaired) electrons. The molecule has 0 atom stereocenters. The molecule has 3 rings (SSSR count). The minimum Gasteiger partial charge on any atom is -0.493 e. The third-order valence-corrected chi connectivity index (χ3v) is 3.77. The number of aromatic amines is 1. The van der Waals surface area contributed by atoms with Gasteiger partial charge in [-0.3, -0.25) is 25.0 Å². The first-order chi connectivity index (χ1) is 12.8. The summed E-state index contributed by atoms with van der Waals surface area (Å²) in [7, 11) is 0. The van der Waals surface area contributed by atoms with Crippen LogP contribution in [-0.2, 0) is 0 Å². The number of benzene rings is 2. The highest BCUT2D eigenvalue weighted by Gasteiger charge is 2.21. The van der Waals surface area contributed by atoms with Crippen molar-refractivity contribution in [3.63, 3.8) is 0 Å². The van der Waals surface area contributed by atoms with Gasteiger partial charge in [0, 0.05) is 23.6 Å². The van der Waals surface area contributed by atoms with E-state index in [2.05, 4.69) is 15.2 Å². The third kappa shape index (κ3) is 3.33. The maximum Gasteiger partial charge on any atom is 0.302 e. The van der Waals surface area contributed by atoms with E-state index in [0.29, 0.717) is 11.1 Å². The lowest BCUT2D eigenvalue weighted by molar-refractivity contribution is -0.385. The van der Waals surface area contributed by atoms with Crippen LogP contribution in [0.5, 0.6) is 5.88 Å². The predicted octanol–water partition coefficient (Wildman–Crippen LogP) is 3.92. The van der Waals surface area contributed by atoms with Gasteiger partial charge in [0.2, 0.25) is 5.88 Å². The van der Waals surface area contributed by atoms with Gasteiger partial charge >= 0.3 is 5.91 Å². The number of carbonyl (C=O) groups is 1. The highest BCUT2D eigenvalue weighted by atomic mass is 16.6. The maximum absolute atomic E-state index is 12.2. The van der Waals surface area contributed by atoms with Crippen molar-refractivity contribution in [2.45, 2.75) is 6.92 Å². The molecule has 0 unspecified atom stereocenters. The Balaban J connectivity index is 2.03. The molecule has 3 aromatic rings. The second kappa shape index (κ2) is 6.63. The van der Waals surface area contributed by atoms with E-state index in [0.717, 1.165) is 0 Å². The number of fused-ring (bicyclic) bond motifs is 1. The van der Waals surface area contributed by atoms with E-state index in [1.54, 1.807) is 6.92 Å². The van der Waals surface area contributed by atoms with Crippen molar-refractivity contribution < 1.29 is 19.7 Å². The van der Waals surface area contributed by atoms with Gasteiger partial charge in [-0.25, -0.2) is 0 Å². The summed E-state index contributed by atoms with van der Waals surface area (Å²) in [6.07, 6.45) is 0. The number of hydrogen-bond donors (Lipinski definition) is 2. The Morgan fingerprint density at radius 2 is 1.85 bits per heavy atom. The second-order valence-corrected chi connectivity index (χ2v) is 5.59. The third-order valence-electron chi connectivity index (χ3n) is 3.77. The van der Waals surface area contributed by atoms with Crippen LogP contribution >= 0.6 is 0 Å². The van der Waals surface area contributed by atoms with Crippen molar-refractivity contribution in [2.24, 2.45) is 10.2 Å². The van der Waals surface area contributed by atoms with Crippen molar-refractivity contribution in [1.29, 1.82) is 0 Å². The Labute approximate surface area is 150 Å². The average molecular weight is 369 g/mol. The van der Waals surface area contributed by atoms with E-state index in [1.807, 2.05) is 0 Å². The second-order valence-electron chi connectivity index (χ2n) is 5.59. The van der Waals surface area contributed by atoms with Crippen molar-refractivity contribution in [3.8, 4) is 5.88 Å². The molecule has 136 valence electrons. The van der Waals surface area contributed by atoms with Gasteiger partial charge in [-0.1, -0.05) is 6.07 Å². The SMILES string of the molecule is Cc1ccc(C(=O)N=Nc2c(O)[nH]c3ccc([N+](=O)[O-])cc23)c([N+](=O)[O-])c1. The average Bonchev–Trinajstić information content (AvgIpc) is 2.93. The highest BCUT2D eigenvalue weighted by Crippen LogP contribution is 2.37. The molecule has 0 fully saturated rings. The smallest absolute Gasteiger partial charge is 0.302 e.